The van der Waals surface area contributed by atoms with Crippen LogP contribution in [-0.2, 0) is 21.7 Å². The minimum atomic E-state index is -1.30. The summed E-state index contributed by atoms with van der Waals surface area (Å²) in [6, 6.07) is 6.44. The van der Waals surface area contributed by atoms with E-state index in [-0.39, 0.29) is 6.04 Å². The van der Waals surface area contributed by atoms with Gasteiger partial charge in [-0.25, -0.2) is 4.39 Å². The first-order valence-electron chi connectivity index (χ1n) is 12.8. The van der Waals surface area contributed by atoms with Crippen LogP contribution in [0.4, 0.5) is 4.39 Å². The fourth-order valence-electron chi connectivity index (χ4n) is 4.91. The summed E-state index contributed by atoms with van der Waals surface area (Å²) in [6.07, 6.45) is 9.21. The van der Waals surface area contributed by atoms with E-state index in [2.05, 4.69) is 40.8 Å². The quantitative estimate of drug-likeness (QED) is 0.405. The first-order valence-corrected chi connectivity index (χ1v) is 12.8. The highest BCUT2D eigenvalue weighted by Gasteiger charge is 2.26. The molecule has 2 heterocycles. The number of ether oxygens (including phenoxy) is 1. The molecular weight excluding hydrogens is 417 g/mol. The number of hydrogen-bond acceptors (Lipinski definition) is 5. The summed E-state index contributed by atoms with van der Waals surface area (Å²) in [5.41, 5.74) is 5.07. The van der Waals surface area contributed by atoms with E-state index < -0.39 is 5.67 Å². The van der Waals surface area contributed by atoms with E-state index in [1.807, 2.05) is 13.0 Å². The number of unbranched alkanes of at least 4 members (excludes halogenated alkanes) is 2. The third-order valence-electron chi connectivity index (χ3n) is 6.89. The largest absolute Gasteiger partial charge is 0.391 e. The molecule has 0 bridgehead atoms. The van der Waals surface area contributed by atoms with E-state index in [4.69, 9.17) is 9.57 Å². The van der Waals surface area contributed by atoms with Crippen LogP contribution in [0.5, 0.6) is 0 Å². The summed E-state index contributed by atoms with van der Waals surface area (Å²) in [4.78, 5) is 8.20. The van der Waals surface area contributed by atoms with Crippen molar-refractivity contribution in [2.45, 2.75) is 77.9 Å². The average Bonchev–Trinajstić information content (AvgIpc) is 3.25. The number of hydroxylamine groups is 1. The van der Waals surface area contributed by atoms with Gasteiger partial charge in [-0.15, -0.1) is 5.48 Å². The van der Waals surface area contributed by atoms with Crippen molar-refractivity contribution in [1.29, 1.82) is 0 Å². The number of alkyl halides is 1. The van der Waals surface area contributed by atoms with Gasteiger partial charge in [0.25, 0.3) is 0 Å². The Hall–Kier alpha value is -1.63. The monoisotopic (exact) mass is 461 g/mol. The second kappa shape index (κ2) is 12.7. The Morgan fingerprint density at radius 1 is 1.21 bits per heavy atom. The van der Waals surface area contributed by atoms with Crippen LogP contribution in [0.15, 0.2) is 30.2 Å². The van der Waals surface area contributed by atoms with Crippen LogP contribution in [0.2, 0.25) is 0 Å². The molecule has 33 heavy (non-hydrogen) atoms. The van der Waals surface area contributed by atoms with Crippen molar-refractivity contribution in [3.05, 3.63) is 46.8 Å². The van der Waals surface area contributed by atoms with Crippen LogP contribution < -0.4 is 10.8 Å². The van der Waals surface area contributed by atoms with Gasteiger partial charge in [-0.1, -0.05) is 44.4 Å². The summed E-state index contributed by atoms with van der Waals surface area (Å²) in [7, 11) is 0. The van der Waals surface area contributed by atoms with E-state index in [0.29, 0.717) is 5.92 Å². The Kier molecular flexibility index (Phi) is 10.0. The third kappa shape index (κ3) is 8.27. The van der Waals surface area contributed by atoms with Crippen LogP contribution >= 0.6 is 0 Å². The first kappa shape index (κ1) is 26.0. The molecule has 2 atom stereocenters. The Labute approximate surface area is 200 Å². The molecule has 2 aliphatic heterocycles. The maximum Gasteiger partial charge on any atom is 0.209 e. The number of hydrogen-bond donors (Lipinski definition) is 2. The Morgan fingerprint density at radius 3 is 2.70 bits per heavy atom. The molecule has 0 spiro atoms. The molecule has 3 rings (SSSR count). The number of morpholine rings is 1. The van der Waals surface area contributed by atoms with Gasteiger partial charge in [-0.3, -0.25) is 4.90 Å². The summed E-state index contributed by atoms with van der Waals surface area (Å²) in [6.45, 7) is 13.1. The molecule has 2 unspecified atom stereocenters. The first-order chi connectivity index (χ1) is 15.9. The lowest BCUT2D eigenvalue weighted by Crippen LogP contribution is -2.40. The lowest BCUT2D eigenvalue weighted by molar-refractivity contribution is 0.0370. The molecule has 1 aromatic rings. The molecular formula is C27H44FN3O2. The van der Waals surface area contributed by atoms with Crippen LogP contribution in [0, 0.1) is 12.8 Å². The number of halogens is 1. The zero-order valence-electron chi connectivity index (χ0n) is 21.1. The molecule has 6 heteroatoms. The minimum Gasteiger partial charge on any atom is -0.391 e. The average molecular weight is 462 g/mol. The van der Waals surface area contributed by atoms with Gasteiger partial charge in [0.1, 0.15) is 5.67 Å². The predicted molar refractivity (Wildman–Crippen MR) is 133 cm³/mol. The van der Waals surface area contributed by atoms with Crippen LogP contribution in [-0.4, -0.2) is 50.3 Å². The minimum absolute atomic E-state index is 0.220. The van der Waals surface area contributed by atoms with Crippen molar-refractivity contribution in [3.63, 3.8) is 0 Å². The second-order valence-electron chi connectivity index (χ2n) is 10.1. The topological polar surface area (TPSA) is 45.8 Å². The normalized spacial score (nSPS) is 20.4. The van der Waals surface area contributed by atoms with Gasteiger partial charge in [0.15, 0.2) is 0 Å². The van der Waals surface area contributed by atoms with Crippen molar-refractivity contribution in [1.82, 2.24) is 15.7 Å². The molecule has 186 valence electrons. The van der Waals surface area contributed by atoms with Gasteiger partial charge in [-0.05, 0) is 68.7 Å². The fraction of sp³-hybridized carbons (Fsp3) is 0.704. The number of benzene rings is 1. The fourth-order valence-corrected chi connectivity index (χ4v) is 4.91. The van der Waals surface area contributed by atoms with Crippen molar-refractivity contribution in [2.75, 3.05) is 39.4 Å². The van der Waals surface area contributed by atoms with Crippen LogP contribution in [0.1, 0.15) is 69.6 Å². The van der Waals surface area contributed by atoms with Crippen molar-refractivity contribution >= 4 is 0 Å². The smallest absolute Gasteiger partial charge is 0.209 e. The lowest BCUT2D eigenvalue weighted by Gasteiger charge is -2.26. The van der Waals surface area contributed by atoms with Gasteiger partial charge >= 0.3 is 0 Å². The molecule has 0 aromatic heterocycles. The zero-order chi connectivity index (χ0) is 23.7. The lowest BCUT2D eigenvalue weighted by atomic mass is 9.87. The molecule has 1 aromatic carbocycles. The highest BCUT2D eigenvalue weighted by molar-refractivity contribution is 5.34. The van der Waals surface area contributed by atoms with Gasteiger partial charge in [0.05, 0.1) is 19.3 Å². The zero-order valence-corrected chi connectivity index (χ0v) is 21.1. The summed E-state index contributed by atoms with van der Waals surface area (Å²) in [5.74, 6) is 1.35. The van der Waals surface area contributed by atoms with Gasteiger partial charge in [-0.2, -0.15) is 0 Å². The molecule has 1 fully saturated rings. The molecule has 2 aliphatic rings. The summed E-state index contributed by atoms with van der Waals surface area (Å²) >= 11 is 0. The standard InChI is InChI=1S/C27H44FN3O2/c1-5-6-7-8-23(11-9-22-10-12-24(21(2)19-22)27(3,4)28)25-20-26(33-30-25)29-13-14-31-15-17-32-18-16-31/h10,12,19-20,23,25,29-30H,5-9,11,13-18H2,1-4H3. The highest BCUT2D eigenvalue weighted by Crippen LogP contribution is 2.29. The molecule has 5 nitrogen and oxygen atoms in total. The van der Waals surface area contributed by atoms with E-state index in [1.54, 1.807) is 13.8 Å². The maximum atomic E-state index is 14.4. The van der Waals surface area contributed by atoms with Crippen molar-refractivity contribution in [2.24, 2.45) is 5.92 Å². The van der Waals surface area contributed by atoms with Gasteiger partial charge in [0.2, 0.25) is 5.88 Å². The Balaban J connectivity index is 1.53. The highest BCUT2D eigenvalue weighted by atomic mass is 19.1. The van der Waals surface area contributed by atoms with E-state index in [1.165, 1.54) is 31.2 Å². The molecule has 0 saturated carbocycles. The predicted octanol–water partition coefficient (Wildman–Crippen LogP) is 5.00. The number of nitrogens with zero attached hydrogens (tertiary/aromatic N) is 1. The molecule has 1 saturated heterocycles. The van der Waals surface area contributed by atoms with Crippen molar-refractivity contribution < 1.29 is 14.0 Å². The number of rotatable bonds is 13. The third-order valence-corrected chi connectivity index (χ3v) is 6.89. The second-order valence-corrected chi connectivity index (χ2v) is 10.1. The molecule has 2 N–H and O–H groups in total. The van der Waals surface area contributed by atoms with E-state index in [9.17, 15) is 4.39 Å². The SMILES string of the molecule is CCCCCC(CCc1ccc(C(C)(C)F)c(C)c1)C1C=C(NCCN2CCOCC2)ON1. The number of aryl methyl sites for hydroxylation is 2. The molecule has 0 radical (unpaired) electrons. The van der Waals surface area contributed by atoms with Crippen LogP contribution in [0.25, 0.3) is 0 Å². The maximum absolute atomic E-state index is 14.4. The summed E-state index contributed by atoms with van der Waals surface area (Å²) < 4.78 is 19.8. The summed E-state index contributed by atoms with van der Waals surface area (Å²) in [5, 5.41) is 3.44. The van der Waals surface area contributed by atoms with Gasteiger partial charge < -0.3 is 14.9 Å². The molecule has 0 amide bonds. The Morgan fingerprint density at radius 2 is 2.00 bits per heavy atom. The Bertz CT molecular complexity index is 756. The van der Waals surface area contributed by atoms with Crippen LogP contribution in [0.3, 0.4) is 0 Å². The number of nitrogens with one attached hydrogen (secondary N) is 2. The van der Waals surface area contributed by atoms with Crippen molar-refractivity contribution in [3.8, 4) is 0 Å². The van der Waals surface area contributed by atoms with E-state index >= 15 is 0 Å². The van der Waals surface area contributed by atoms with E-state index in [0.717, 1.165) is 69.2 Å². The van der Waals surface area contributed by atoms with Gasteiger partial charge in [0, 0.05) is 26.2 Å². The molecule has 0 aliphatic carbocycles.